The van der Waals surface area contributed by atoms with Crippen LogP contribution >= 0.6 is 11.3 Å². The Labute approximate surface area is 203 Å². The molecule has 2 aliphatic rings. The quantitative estimate of drug-likeness (QED) is 0.360. The van der Waals surface area contributed by atoms with Crippen molar-refractivity contribution in [2.75, 3.05) is 0 Å². The third kappa shape index (κ3) is 4.05. The van der Waals surface area contributed by atoms with Gasteiger partial charge < -0.3 is 24.8 Å². The van der Waals surface area contributed by atoms with Gasteiger partial charge in [0.1, 0.15) is 0 Å². The maximum Gasteiger partial charge on any atom is -1.00 e. The molecule has 0 fully saturated rings. The van der Waals surface area contributed by atoms with Crippen LogP contribution in [-0.2, 0) is 27.7 Å². The third-order valence-electron chi connectivity index (χ3n) is 5.95. The smallest absolute Gasteiger partial charge is 1.00 e. The van der Waals surface area contributed by atoms with Crippen molar-refractivity contribution in [2.45, 2.75) is 27.2 Å². The largest absolute Gasteiger partial charge is 1.00 e. The summed E-state index contributed by atoms with van der Waals surface area (Å²) in [6.07, 6.45) is 6.13. The first-order chi connectivity index (χ1) is 13.6. The van der Waals surface area contributed by atoms with Crippen LogP contribution in [0.4, 0.5) is 0 Å². The van der Waals surface area contributed by atoms with Crippen LogP contribution in [0.2, 0.25) is 0 Å². The average molecular weight is 531 g/mol. The summed E-state index contributed by atoms with van der Waals surface area (Å²) in [4.78, 5) is 1.41. The SMILES string of the molecule is C[C](C)=[Zr+2]([C]1=CC(c2cccs2)=CC1C)[c]1cccc2c1Cc1ccccc1-2.[Cl-].[Cl-]. The van der Waals surface area contributed by atoms with Gasteiger partial charge in [-0.2, -0.15) is 0 Å². The number of hydrogen-bond acceptors (Lipinski definition) is 1. The number of fused-ring (bicyclic) bond motifs is 3. The molecular formula is C26H24Cl2SZr. The molecule has 0 nitrogen and oxygen atoms in total. The molecule has 1 atom stereocenters. The molecule has 3 aromatic rings. The molecule has 0 radical (unpaired) electrons. The van der Waals surface area contributed by atoms with E-state index >= 15 is 0 Å². The Morgan fingerprint density at radius 3 is 2.43 bits per heavy atom. The summed E-state index contributed by atoms with van der Waals surface area (Å²) in [7, 11) is 0. The predicted octanol–water partition coefficient (Wildman–Crippen LogP) is 0.400. The van der Waals surface area contributed by atoms with Gasteiger partial charge in [0.15, 0.2) is 0 Å². The van der Waals surface area contributed by atoms with Crippen molar-refractivity contribution >= 4 is 23.4 Å². The van der Waals surface area contributed by atoms with Gasteiger partial charge in [-0.25, -0.2) is 0 Å². The van der Waals surface area contributed by atoms with Crippen molar-refractivity contribution in [2.24, 2.45) is 5.92 Å². The number of benzene rings is 2. The fraction of sp³-hybridized carbons (Fsp3) is 0.192. The molecule has 0 aliphatic heterocycles. The van der Waals surface area contributed by atoms with E-state index in [-0.39, 0.29) is 24.8 Å². The Balaban J connectivity index is 0.00000128. The number of hydrogen-bond donors (Lipinski definition) is 0. The minimum Gasteiger partial charge on any atom is -1.00 e. The Bertz CT molecular complexity index is 1170. The second kappa shape index (κ2) is 9.62. The van der Waals surface area contributed by atoms with Crippen LogP contribution < -0.4 is 28.1 Å². The topological polar surface area (TPSA) is 0 Å². The first-order valence-electron chi connectivity index (χ1n) is 9.99. The Kier molecular flexibility index (Phi) is 7.57. The van der Waals surface area contributed by atoms with E-state index < -0.39 is 21.3 Å². The maximum absolute atomic E-state index is 2.54. The van der Waals surface area contributed by atoms with E-state index in [2.05, 4.69) is 92.9 Å². The molecule has 1 aromatic heterocycles. The van der Waals surface area contributed by atoms with E-state index in [0.717, 1.165) is 6.42 Å². The molecular weight excluding hydrogens is 506 g/mol. The minimum absolute atomic E-state index is 0. The van der Waals surface area contributed by atoms with Crippen molar-refractivity contribution in [3.05, 3.63) is 91.4 Å². The average Bonchev–Trinajstić information content (AvgIpc) is 3.41. The van der Waals surface area contributed by atoms with Gasteiger partial charge in [0.05, 0.1) is 0 Å². The summed E-state index contributed by atoms with van der Waals surface area (Å²) < 4.78 is 5.09. The van der Waals surface area contributed by atoms with Crippen molar-refractivity contribution < 1.29 is 46.1 Å². The van der Waals surface area contributed by atoms with Crippen molar-refractivity contribution in [1.82, 2.24) is 0 Å². The predicted molar refractivity (Wildman–Crippen MR) is 120 cm³/mol. The van der Waals surface area contributed by atoms with E-state index in [1.54, 1.807) is 15.3 Å². The fourth-order valence-corrected chi connectivity index (χ4v) is 12.9. The van der Waals surface area contributed by atoms with Crippen LogP contribution in [-0.4, -0.2) is 3.21 Å². The van der Waals surface area contributed by atoms with Gasteiger partial charge in [-0.3, -0.25) is 0 Å². The number of rotatable bonds is 3. The number of allylic oxidation sites excluding steroid dienone is 4. The summed E-state index contributed by atoms with van der Waals surface area (Å²) in [6, 6.07) is 20.5. The number of thiophene rings is 1. The van der Waals surface area contributed by atoms with Gasteiger partial charge in [0.2, 0.25) is 0 Å². The van der Waals surface area contributed by atoms with Crippen LogP contribution in [0.1, 0.15) is 36.8 Å². The minimum atomic E-state index is -2.09. The molecule has 2 aliphatic carbocycles. The van der Waals surface area contributed by atoms with Gasteiger partial charge in [-0.1, -0.05) is 0 Å². The third-order valence-corrected chi connectivity index (χ3v) is 14.7. The molecule has 4 heteroatoms. The molecule has 2 aromatic carbocycles. The Hall–Kier alpha value is -1.05. The zero-order valence-electron chi connectivity index (χ0n) is 17.4. The first-order valence-corrected chi connectivity index (χ1v) is 14.6. The van der Waals surface area contributed by atoms with E-state index in [1.807, 2.05) is 11.3 Å². The second-order valence-electron chi connectivity index (χ2n) is 8.03. The molecule has 152 valence electrons. The molecule has 0 saturated heterocycles. The summed E-state index contributed by atoms with van der Waals surface area (Å²) in [5, 5.41) is 2.19. The first kappa shape index (κ1) is 23.6. The summed E-state index contributed by atoms with van der Waals surface area (Å²) >= 11 is -0.237. The zero-order valence-corrected chi connectivity index (χ0v) is 22.2. The molecule has 5 rings (SSSR count). The number of halogens is 2. The Morgan fingerprint density at radius 1 is 0.933 bits per heavy atom. The molecule has 0 spiro atoms. The molecule has 30 heavy (non-hydrogen) atoms. The van der Waals surface area contributed by atoms with Gasteiger partial charge in [0, 0.05) is 0 Å². The van der Waals surface area contributed by atoms with Crippen LogP contribution in [0.25, 0.3) is 16.7 Å². The van der Waals surface area contributed by atoms with Gasteiger partial charge >= 0.3 is 180 Å². The van der Waals surface area contributed by atoms with Gasteiger partial charge in [-0.15, -0.1) is 0 Å². The van der Waals surface area contributed by atoms with Crippen LogP contribution in [0.5, 0.6) is 0 Å². The van der Waals surface area contributed by atoms with Gasteiger partial charge in [-0.05, 0) is 0 Å². The molecule has 0 bridgehead atoms. The molecule has 1 heterocycles. The van der Waals surface area contributed by atoms with E-state index in [4.69, 9.17) is 0 Å². The van der Waals surface area contributed by atoms with E-state index in [1.165, 1.54) is 27.1 Å². The molecule has 0 saturated carbocycles. The van der Waals surface area contributed by atoms with Crippen molar-refractivity contribution in [3.63, 3.8) is 0 Å². The van der Waals surface area contributed by atoms with Crippen LogP contribution in [0.3, 0.4) is 0 Å². The van der Waals surface area contributed by atoms with E-state index in [0.29, 0.717) is 5.92 Å². The molecule has 0 amide bonds. The van der Waals surface area contributed by atoms with Crippen molar-refractivity contribution in [3.8, 4) is 11.1 Å². The summed E-state index contributed by atoms with van der Waals surface area (Å²) in [6.45, 7) is 7.16. The second-order valence-corrected chi connectivity index (χ2v) is 16.0. The Morgan fingerprint density at radius 2 is 1.70 bits per heavy atom. The monoisotopic (exact) mass is 528 g/mol. The molecule has 0 N–H and O–H groups in total. The normalized spacial score (nSPS) is 15.6. The maximum atomic E-state index is 2.54. The standard InChI is InChI=1S/C13H9.C10H9S.C3H6.2ClH.Zr/c1-3-7-12-10(5-1)9-11-6-2-4-8-13(11)12;1-8-4-5-9(7-8)10-3-2-6-11-10;1-3-2;;;/h1-5,7-8H,9H2;2-3,5-8H,1H3;1-2H3;2*1H;/q;;;;;+2/p-2. The summed E-state index contributed by atoms with van der Waals surface area (Å²) in [5.74, 6) is 0.557. The summed E-state index contributed by atoms with van der Waals surface area (Å²) in [5.41, 5.74) is 7.46. The zero-order chi connectivity index (χ0) is 19.3. The fourth-order valence-electron chi connectivity index (χ4n) is 4.71. The van der Waals surface area contributed by atoms with Crippen LogP contribution in [0.15, 0.2) is 75.4 Å². The molecule has 1 unspecified atom stereocenters. The van der Waals surface area contributed by atoms with Gasteiger partial charge in [0.25, 0.3) is 0 Å². The van der Waals surface area contributed by atoms with Crippen molar-refractivity contribution in [1.29, 1.82) is 0 Å². The van der Waals surface area contributed by atoms with E-state index in [9.17, 15) is 0 Å². The van der Waals surface area contributed by atoms with Crippen LogP contribution in [0, 0.1) is 5.92 Å².